The number of hydrogen-bond acceptors (Lipinski definition) is 0. The molecule has 0 radical (unpaired) electrons. The molecule has 0 saturated heterocycles. The van der Waals surface area contributed by atoms with Crippen LogP contribution >= 0.6 is 0 Å². The summed E-state index contributed by atoms with van der Waals surface area (Å²) in [4.78, 5) is 0. The number of nitrogens with zero attached hydrogens (tertiary/aromatic N) is 1. The smallest absolute Gasteiger partial charge is 0.123 e. The Morgan fingerprint density at radius 1 is 0.359 bits per heavy atom. The summed E-state index contributed by atoms with van der Waals surface area (Å²) < 4.78 is 30.3. The Morgan fingerprint density at radius 2 is 0.821 bits per heavy atom. The first kappa shape index (κ1) is 22.0. The molecule has 0 bridgehead atoms. The molecule has 3 heteroatoms. The minimum Gasteiger partial charge on any atom is -0.309 e. The van der Waals surface area contributed by atoms with Gasteiger partial charge in [-0.15, -0.1) is 0 Å². The molecule has 0 aliphatic rings. The number of benzene rings is 7. The molecule has 184 valence electrons. The number of fused-ring (bicyclic) bond motifs is 9. The van der Waals surface area contributed by atoms with E-state index in [0.29, 0.717) is 10.8 Å². The van der Waals surface area contributed by atoms with E-state index in [2.05, 4.69) is 95.6 Å². The molecule has 0 saturated carbocycles. The maximum absolute atomic E-state index is 14.1. The van der Waals surface area contributed by atoms with Gasteiger partial charge in [0.1, 0.15) is 11.6 Å². The molecule has 7 aromatic carbocycles. The first-order chi connectivity index (χ1) is 19.2. The molecule has 0 amide bonds. The summed E-state index contributed by atoms with van der Waals surface area (Å²) in [7, 11) is 0. The van der Waals surface area contributed by atoms with Crippen molar-refractivity contribution in [2.24, 2.45) is 0 Å². The van der Waals surface area contributed by atoms with E-state index in [4.69, 9.17) is 0 Å². The second kappa shape index (κ2) is 8.24. The Hall–Kier alpha value is -5.02. The first-order valence-corrected chi connectivity index (χ1v) is 13.0. The summed E-state index contributed by atoms with van der Waals surface area (Å²) in [5.41, 5.74) is 4.87. The first-order valence-electron chi connectivity index (χ1n) is 13.0. The predicted molar refractivity (Wildman–Crippen MR) is 159 cm³/mol. The quantitative estimate of drug-likeness (QED) is 0.206. The summed E-state index contributed by atoms with van der Waals surface area (Å²) in [6.45, 7) is 0. The van der Waals surface area contributed by atoms with E-state index in [0.717, 1.165) is 27.8 Å². The van der Waals surface area contributed by atoms with Crippen LogP contribution in [0.5, 0.6) is 0 Å². The normalized spacial score (nSPS) is 11.8. The van der Waals surface area contributed by atoms with E-state index in [1.165, 1.54) is 56.6 Å². The van der Waals surface area contributed by atoms with Gasteiger partial charge in [0, 0.05) is 16.5 Å². The second-order valence-corrected chi connectivity index (χ2v) is 10.1. The van der Waals surface area contributed by atoms with E-state index in [1.807, 2.05) is 0 Å². The highest BCUT2D eigenvalue weighted by Gasteiger charge is 2.14. The second-order valence-electron chi connectivity index (χ2n) is 10.1. The van der Waals surface area contributed by atoms with Crippen LogP contribution in [0.1, 0.15) is 0 Å². The Labute approximate surface area is 223 Å². The molecule has 0 aliphatic heterocycles. The largest absolute Gasteiger partial charge is 0.309 e. The molecule has 0 unspecified atom stereocenters. The van der Waals surface area contributed by atoms with Crippen LogP contribution in [0.2, 0.25) is 0 Å². The summed E-state index contributed by atoms with van der Waals surface area (Å²) >= 11 is 0. The highest BCUT2D eigenvalue weighted by atomic mass is 19.1. The maximum Gasteiger partial charge on any atom is 0.123 e. The minimum absolute atomic E-state index is 0.335. The molecule has 0 atom stereocenters. The van der Waals surface area contributed by atoms with Gasteiger partial charge in [-0.2, -0.15) is 0 Å². The molecular formula is C36H21F2N. The van der Waals surface area contributed by atoms with Gasteiger partial charge in [-0.25, -0.2) is 8.78 Å². The highest BCUT2D eigenvalue weighted by Crippen LogP contribution is 2.38. The molecule has 8 aromatic rings. The lowest BCUT2D eigenvalue weighted by molar-refractivity contribution is 0.628. The summed E-state index contributed by atoms with van der Waals surface area (Å²) in [6.07, 6.45) is 0. The zero-order valence-electron chi connectivity index (χ0n) is 20.8. The van der Waals surface area contributed by atoms with Gasteiger partial charge < -0.3 is 4.57 Å². The van der Waals surface area contributed by atoms with Crippen LogP contribution in [-0.4, -0.2) is 4.57 Å². The summed E-state index contributed by atoms with van der Waals surface area (Å²) in [6, 6.07) is 41.6. The van der Waals surface area contributed by atoms with Gasteiger partial charge in [0.25, 0.3) is 0 Å². The van der Waals surface area contributed by atoms with E-state index in [1.54, 1.807) is 12.1 Å². The van der Waals surface area contributed by atoms with Crippen molar-refractivity contribution in [3.8, 4) is 16.8 Å². The minimum atomic E-state index is -0.335. The zero-order valence-corrected chi connectivity index (χ0v) is 20.8. The Morgan fingerprint density at radius 3 is 1.36 bits per heavy atom. The van der Waals surface area contributed by atoms with Crippen LogP contribution in [0.25, 0.3) is 70.9 Å². The van der Waals surface area contributed by atoms with Crippen LogP contribution in [0.15, 0.2) is 127 Å². The van der Waals surface area contributed by atoms with E-state index >= 15 is 0 Å². The average molecular weight is 506 g/mol. The van der Waals surface area contributed by atoms with Gasteiger partial charge >= 0.3 is 0 Å². The van der Waals surface area contributed by atoms with Crippen LogP contribution in [-0.2, 0) is 0 Å². The number of hydrogen-bond donors (Lipinski definition) is 0. The van der Waals surface area contributed by atoms with Crippen molar-refractivity contribution < 1.29 is 8.78 Å². The van der Waals surface area contributed by atoms with Crippen molar-refractivity contribution in [1.29, 1.82) is 0 Å². The molecule has 1 aromatic heterocycles. The Kier molecular flexibility index (Phi) is 4.65. The van der Waals surface area contributed by atoms with Gasteiger partial charge in [-0.1, -0.05) is 72.8 Å². The van der Waals surface area contributed by atoms with Crippen molar-refractivity contribution in [3.05, 3.63) is 139 Å². The van der Waals surface area contributed by atoms with Crippen molar-refractivity contribution in [3.63, 3.8) is 0 Å². The Bertz CT molecular complexity index is 2150. The SMILES string of the molecule is Fc1ccc2c(c1)c1cc(F)ccc1n2-c1ccc(-c2ccc3c4ccccc4c4ccccc4c3c2)cc1. The van der Waals surface area contributed by atoms with Gasteiger partial charge in [0.15, 0.2) is 0 Å². The van der Waals surface area contributed by atoms with E-state index in [-0.39, 0.29) is 11.6 Å². The highest BCUT2D eigenvalue weighted by molar-refractivity contribution is 6.25. The van der Waals surface area contributed by atoms with E-state index < -0.39 is 0 Å². The van der Waals surface area contributed by atoms with Crippen molar-refractivity contribution in [1.82, 2.24) is 4.57 Å². The zero-order chi connectivity index (χ0) is 26.1. The topological polar surface area (TPSA) is 4.93 Å². The predicted octanol–water partition coefficient (Wildman–Crippen LogP) is 10.2. The molecule has 0 aliphatic carbocycles. The fourth-order valence-electron chi connectivity index (χ4n) is 6.14. The average Bonchev–Trinajstić information content (AvgIpc) is 3.29. The monoisotopic (exact) mass is 505 g/mol. The van der Waals surface area contributed by atoms with Gasteiger partial charge in [0.2, 0.25) is 0 Å². The van der Waals surface area contributed by atoms with Crippen molar-refractivity contribution >= 4 is 54.1 Å². The van der Waals surface area contributed by atoms with Crippen LogP contribution in [0.3, 0.4) is 0 Å². The third kappa shape index (κ3) is 3.30. The molecule has 0 N–H and O–H groups in total. The van der Waals surface area contributed by atoms with Crippen molar-refractivity contribution in [2.45, 2.75) is 0 Å². The molecular weight excluding hydrogens is 484 g/mol. The molecule has 39 heavy (non-hydrogen) atoms. The van der Waals surface area contributed by atoms with Gasteiger partial charge in [-0.3, -0.25) is 0 Å². The van der Waals surface area contributed by atoms with Gasteiger partial charge in [-0.05, 0) is 98.0 Å². The fourth-order valence-corrected chi connectivity index (χ4v) is 6.14. The fraction of sp³-hybridized carbons (Fsp3) is 0. The third-order valence-electron chi connectivity index (χ3n) is 7.89. The standard InChI is InChI=1S/C36H21F2N/c37-24-12-17-35-33(20-24)34-21-25(38)13-18-36(34)39(35)26-14-9-22(10-15-26)23-11-16-31-29-7-2-1-5-27(29)28-6-3-4-8-30(28)32(31)19-23/h1-21H. The van der Waals surface area contributed by atoms with Gasteiger partial charge in [0.05, 0.1) is 11.0 Å². The Balaban J connectivity index is 1.30. The molecule has 8 rings (SSSR count). The summed E-state index contributed by atoms with van der Waals surface area (Å²) in [5.74, 6) is -0.671. The van der Waals surface area contributed by atoms with Crippen LogP contribution < -0.4 is 0 Å². The molecule has 0 spiro atoms. The maximum atomic E-state index is 14.1. The molecule has 0 fully saturated rings. The van der Waals surface area contributed by atoms with Crippen LogP contribution in [0.4, 0.5) is 8.78 Å². The number of halogens is 2. The molecule has 1 nitrogen and oxygen atoms in total. The lowest BCUT2D eigenvalue weighted by atomic mass is 9.92. The van der Waals surface area contributed by atoms with Crippen molar-refractivity contribution in [2.75, 3.05) is 0 Å². The molecule has 1 heterocycles. The third-order valence-corrected chi connectivity index (χ3v) is 7.89. The number of aromatic nitrogens is 1. The van der Waals surface area contributed by atoms with E-state index in [9.17, 15) is 8.78 Å². The number of rotatable bonds is 2. The van der Waals surface area contributed by atoms with Crippen LogP contribution in [0, 0.1) is 11.6 Å². The lowest BCUT2D eigenvalue weighted by Crippen LogP contribution is -1.94. The lowest BCUT2D eigenvalue weighted by Gasteiger charge is -2.13. The summed E-state index contributed by atoms with van der Waals surface area (Å²) in [5, 5.41) is 8.90.